The Morgan fingerprint density at radius 1 is 1.33 bits per heavy atom. The normalized spacial score (nSPS) is 11.4. The molecule has 0 spiro atoms. The quantitative estimate of drug-likeness (QED) is 0.522. The highest BCUT2D eigenvalue weighted by molar-refractivity contribution is 7.79. The maximum Gasteiger partial charge on any atom is 0.165 e. The van der Waals surface area contributed by atoms with Gasteiger partial charge in [-0.15, -0.1) is 0 Å². The lowest BCUT2D eigenvalue weighted by Crippen LogP contribution is -1.89. The number of hydrogen-bond acceptors (Lipinski definition) is 1. The molecule has 0 saturated heterocycles. The van der Waals surface area contributed by atoms with Crippen LogP contribution in [0.5, 0.6) is 0 Å². The molecule has 1 atom stereocenters. The highest BCUT2D eigenvalue weighted by Gasteiger charge is 1.85. The molecule has 0 aromatic heterocycles. The summed E-state index contributed by atoms with van der Waals surface area (Å²) in [5.41, 5.74) is 0.864. The molecular weight excluding hydrogens is 172 g/mol. The summed E-state index contributed by atoms with van der Waals surface area (Å²) >= 11 is -1.81. The second-order valence-corrected chi connectivity index (χ2v) is 3.07. The summed E-state index contributed by atoms with van der Waals surface area (Å²) in [5, 5.41) is 0. The first-order valence-electron chi connectivity index (χ1n) is 3.40. The van der Waals surface area contributed by atoms with Crippen LogP contribution in [-0.2, 0) is 11.1 Å². The molecule has 62 valence electrons. The highest BCUT2D eigenvalue weighted by atomic mass is 32.2. The minimum atomic E-state index is -1.81. The van der Waals surface area contributed by atoms with E-state index in [9.17, 15) is 4.21 Å². The Balaban J connectivity index is 2.61. The van der Waals surface area contributed by atoms with E-state index in [0.29, 0.717) is 0 Å². The standard InChI is InChI=1S/C9H8O2S/c10-12(11)8-4-7-9-5-2-1-3-6-9/h1-3,5-6H,8H2,(H,10,11). The third kappa shape index (κ3) is 3.33. The molecule has 0 saturated carbocycles. The molecule has 0 amide bonds. The van der Waals surface area contributed by atoms with Crippen molar-refractivity contribution in [3.63, 3.8) is 0 Å². The van der Waals surface area contributed by atoms with Crippen molar-refractivity contribution in [1.82, 2.24) is 0 Å². The molecular formula is C9H8O2S. The summed E-state index contributed by atoms with van der Waals surface area (Å²) in [4.78, 5) is 0. The predicted molar refractivity (Wildman–Crippen MR) is 49.0 cm³/mol. The molecule has 1 unspecified atom stereocenters. The monoisotopic (exact) mass is 180 g/mol. The Kier molecular flexibility index (Phi) is 3.52. The molecule has 0 aliphatic heterocycles. The zero-order valence-electron chi connectivity index (χ0n) is 6.36. The highest BCUT2D eigenvalue weighted by Crippen LogP contribution is 1.94. The maximum atomic E-state index is 10.2. The van der Waals surface area contributed by atoms with Gasteiger partial charge in [-0.05, 0) is 12.1 Å². The van der Waals surface area contributed by atoms with E-state index in [0.717, 1.165) is 5.56 Å². The Morgan fingerprint density at radius 3 is 2.58 bits per heavy atom. The fourth-order valence-corrected chi connectivity index (χ4v) is 0.917. The van der Waals surface area contributed by atoms with Crippen LogP contribution < -0.4 is 0 Å². The van der Waals surface area contributed by atoms with Crippen molar-refractivity contribution in [2.45, 2.75) is 0 Å². The van der Waals surface area contributed by atoms with Gasteiger partial charge < -0.3 is 4.55 Å². The minimum Gasteiger partial charge on any atom is -0.305 e. The molecule has 0 aliphatic rings. The molecule has 3 heteroatoms. The fourth-order valence-electron chi connectivity index (χ4n) is 0.721. The van der Waals surface area contributed by atoms with Crippen LogP contribution in [0.25, 0.3) is 0 Å². The molecule has 0 radical (unpaired) electrons. The van der Waals surface area contributed by atoms with Crippen LogP contribution in [0.15, 0.2) is 30.3 Å². The minimum absolute atomic E-state index is 0.00882. The Morgan fingerprint density at radius 2 is 2.00 bits per heavy atom. The second kappa shape index (κ2) is 4.70. The number of benzene rings is 1. The molecule has 2 nitrogen and oxygen atoms in total. The van der Waals surface area contributed by atoms with Gasteiger partial charge in [0, 0.05) is 5.56 Å². The van der Waals surface area contributed by atoms with Gasteiger partial charge in [-0.3, -0.25) is 0 Å². The summed E-state index contributed by atoms with van der Waals surface area (Å²) in [6.07, 6.45) is 0. The molecule has 0 aliphatic carbocycles. The van der Waals surface area contributed by atoms with Crippen molar-refractivity contribution in [3.05, 3.63) is 35.9 Å². The average molecular weight is 180 g/mol. The van der Waals surface area contributed by atoms with Crippen LogP contribution in [0.1, 0.15) is 5.56 Å². The van der Waals surface area contributed by atoms with Crippen LogP contribution in [-0.4, -0.2) is 14.5 Å². The smallest absolute Gasteiger partial charge is 0.165 e. The average Bonchev–Trinajstić information content (AvgIpc) is 2.05. The first-order chi connectivity index (χ1) is 5.79. The van der Waals surface area contributed by atoms with E-state index in [1.807, 2.05) is 30.3 Å². The molecule has 0 fully saturated rings. The van der Waals surface area contributed by atoms with Crippen molar-refractivity contribution < 1.29 is 8.76 Å². The fraction of sp³-hybridized carbons (Fsp3) is 0.111. The zero-order chi connectivity index (χ0) is 8.81. The lowest BCUT2D eigenvalue weighted by molar-refractivity contribution is 0.568. The van der Waals surface area contributed by atoms with Crippen molar-refractivity contribution in [1.29, 1.82) is 0 Å². The summed E-state index contributed by atoms with van der Waals surface area (Å²) in [7, 11) is 0. The van der Waals surface area contributed by atoms with E-state index in [-0.39, 0.29) is 5.75 Å². The molecule has 1 N–H and O–H groups in total. The summed E-state index contributed by atoms with van der Waals surface area (Å²) in [6.45, 7) is 0. The molecule has 1 aromatic carbocycles. The van der Waals surface area contributed by atoms with E-state index < -0.39 is 11.1 Å². The van der Waals surface area contributed by atoms with Crippen LogP contribution in [0, 0.1) is 11.8 Å². The van der Waals surface area contributed by atoms with Crippen LogP contribution in [0.3, 0.4) is 0 Å². The van der Waals surface area contributed by atoms with Gasteiger partial charge in [0.15, 0.2) is 11.1 Å². The van der Waals surface area contributed by atoms with Crippen molar-refractivity contribution in [3.8, 4) is 11.8 Å². The Hall–Kier alpha value is -1.11. The van der Waals surface area contributed by atoms with Gasteiger partial charge in [-0.25, -0.2) is 4.21 Å². The van der Waals surface area contributed by atoms with Crippen molar-refractivity contribution in [2.24, 2.45) is 0 Å². The zero-order valence-corrected chi connectivity index (χ0v) is 7.17. The Bertz CT molecular complexity index is 321. The first kappa shape index (κ1) is 8.98. The van der Waals surface area contributed by atoms with Gasteiger partial charge in [-0.1, -0.05) is 30.0 Å². The van der Waals surface area contributed by atoms with Crippen molar-refractivity contribution in [2.75, 3.05) is 5.75 Å². The van der Waals surface area contributed by atoms with E-state index in [1.54, 1.807) is 0 Å². The van der Waals surface area contributed by atoms with E-state index in [1.165, 1.54) is 0 Å². The largest absolute Gasteiger partial charge is 0.305 e. The van der Waals surface area contributed by atoms with Gasteiger partial charge in [0.25, 0.3) is 0 Å². The summed E-state index contributed by atoms with van der Waals surface area (Å²) in [6, 6.07) is 9.36. The maximum absolute atomic E-state index is 10.2. The third-order valence-corrected chi connectivity index (χ3v) is 1.59. The first-order valence-corrected chi connectivity index (χ1v) is 4.68. The van der Waals surface area contributed by atoms with Crippen LogP contribution in [0.2, 0.25) is 0 Å². The predicted octanol–water partition coefficient (Wildman–Crippen LogP) is 1.26. The summed E-state index contributed by atoms with van der Waals surface area (Å²) < 4.78 is 18.6. The third-order valence-electron chi connectivity index (χ3n) is 1.20. The molecule has 0 bridgehead atoms. The van der Waals surface area contributed by atoms with E-state index in [4.69, 9.17) is 4.55 Å². The van der Waals surface area contributed by atoms with E-state index in [2.05, 4.69) is 11.8 Å². The van der Waals surface area contributed by atoms with Gasteiger partial charge in [0.1, 0.15) is 5.75 Å². The van der Waals surface area contributed by atoms with Gasteiger partial charge in [0.2, 0.25) is 0 Å². The Labute approximate surface area is 73.9 Å². The second-order valence-electron chi connectivity index (χ2n) is 2.13. The number of rotatable bonds is 1. The van der Waals surface area contributed by atoms with Crippen LogP contribution >= 0.6 is 0 Å². The topological polar surface area (TPSA) is 37.3 Å². The van der Waals surface area contributed by atoms with Gasteiger partial charge >= 0.3 is 0 Å². The lowest BCUT2D eigenvalue weighted by Gasteiger charge is -1.85. The molecule has 0 heterocycles. The van der Waals surface area contributed by atoms with Gasteiger partial charge in [0.05, 0.1) is 0 Å². The molecule has 1 rings (SSSR count). The number of hydrogen-bond donors (Lipinski definition) is 1. The van der Waals surface area contributed by atoms with Gasteiger partial charge in [-0.2, -0.15) is 0 Å². The molecule has 12 heavy (non-hydrogen) atoms. The molecule has 1 aromatic rings. The van der Waals surface area contributed by atoms with Crippen LogP contribution in [0.4, 0.5) is 0 Å². The summed E-state index contributed by atoms with van der Waals surface area (Å²) in [5.74, 6) is 5.38. The van der Waals surface area contributed by atoms with E-state index >= 15 is 0 Å². The lowest BCUT2D eigenvalue weighted by atomic mass is 10.2. The van der Waals surface area contributed by atoms with Crippen molar-refractivity contribution >= 4 is 11.1 Å². The SMILES string of the molecule is O=S(O)CC#Cc1ccccc1.